The third-order valence-corrected chi connectivity index (χ3v) is 6.62. The number of aromatic nitrogens is 2. The normalized spacial score (nSPS) is 18.8. The van der Waals surface area contributed by atoms with Crippen molar-refractivity contribution in [2.24, 2.45) is 5.10 Å². The van der Waals surface area contributed by atoms with Crippen LogP contribution in [-0.4, -0.2) is 67.6 Å². The lowest BCUT2D eigenvalue weighted by molar-refractivity contribution is 0.0934. The number of carbonyl (C=O) groups excluding carboxylic acids is 1. The largest absolute Gasteiger partial charge is 0.379 e. The van der Waals surface area contributed by atoms with Gasteiger partial charge in [-0.3, -0.25) is 4.79 Å². The molecule has 172 valence electrons. The van der Waals surface area contributed by atoms with Gasteiger partial charge in [-0.2, -0.15) is 10.1 Å². The van der Waals surface area contributed by atoms with E-state index in [-0.39, 0.29) is 11.9 Å². The van der Waals surface area contributed by atoms with E-state index in [0.29, 0.717) is 37.3 Å². The molecule has 5 rings (SSSR count). The first-order chi connectivity index (χ1) is 16.2. The first-order valence-corrected chi connectivity index (χ1v) is 11.9. The highest BCUT2D eigenvalue weighted by atomic mass is 32.1. The van der Waals surface area contributed by atoms with Crippen LogP contribution in [0.25, 0.3) is 10.2 Å². The SMILES string of the molecule is Cc1cccc(/C=N/Nc2nc(N3CCOCC3)c3cc(C(=O)NC4CCOC4)sc3n2)c1. The van der Waals surface area contributed by atoms with Gasteiger partial charge in [0, 0.05) is 19.7 Å². The summed E-state index contributed by atoms with van der Waals surface area (Å²) in [5.74, 6) is 1.08. The maximum absolute atomic E-state index is 12.8. The number of ether oxygens (including phenoxy) is 2. The van der Waals surface area contributed by atoms with E-state index >= 15 is 0 Å². The molecule has 0 aliphatic carbocycles. The Morgan fingerprint density at radius 1 is 1.21 bits per heavy atom. The van der Waals surface area contributed by atoms with Crippen molar-refractivity contribution in [3.63, 3.8) is 0 Å². The summed E-state index contributed by atoms with van der Waals surface area (Å²) in [7, 11) is 0. The number of fused-ring (bicyclic) bond motifs is 1. The molecule has 1 aromatic carbocycles. The summed E-state index contributed by atoms with van der Waals surface area (Å²) in [5.41, 5.74) is 5.12. The van der Waals surface area contributed by atoms with Crippen LogP contribution in [0.2, 0.25) is 0 Å². The number of nitrogens with one attached hydrogen (secondary N) is 2. The number of hydrogen-bond acceptors (Lipinski definition) is 9. The molecule has 0 saturated carbocycles. The van der Waals surface area contributed by atoms with Crippen molar-refractivity contribution in [1.82, 2.24) is 15.3 Å². The Labute approximate surface area is 195 Å². The van der Waals surface area contributed by atoms with E-state index in [1.165, 1.54) is 16.9 Å². The Bertz CT molecular complexity index is 1170. The minimum Gasteiger partial charge on any atom is -0.379 e. The zero-order valence-corrected chi connectivity index (χ0v) is 19.2. The summed E-state index contributed by atoms with van der Waals surface area (Å²) in [6.07, 6.45) is 2.58. The molecule has 2 aromatic heterocycles. The van der Waals surface area contributed by atoms with Gasteiger partial charge in [-0.1, -0.05) is 29.8 Å². The molecule has 10 heteroatoms. The molecule has 4 heterocycles. The maximum atomic E-state index is 12.8. The van der Waals surface area contributed by atoms with Crippen LogP contribution in [0.5, 0.6) is 0 Å². The minimum absolute atomic E-state index is 0.0562. The van der Waals surface area contributed by atoms with Gasteiger partial charge < -0.3 is 19.7 Å². The van der Waals surface area contributed by atoms with Crippen molar-refractivity contribution in [2.75, 3.05) is 49.8 Å². The summed E-state index contributed by atoms with van der Waals surface area (Å²) >= 11 is 1.36. The van der Waals surface area contributed by atoms with Gasteiger partial charge in [-0.25, -0.2) is 10.4 Å². The monoisotopic (exact) mass is 466 g/mol. The van der Waals surface area contributed by atoms with Crippen molar-refractivity contribution in [3.8, 4) is 0 Å². The standard InChI is InChI=1S/C23H26N6O3S/c1-15-3-2-4-16(11-15)13-24-28-23-26-20(29-6-9-31-10-7-29)18-12-19(33-22(18)27-23)21(30)25-17-5-8-32-14-17/h2-4,11-13,17H,5-10,14H2,1H3,(H,25,30)(H,26,27,28)/b24-13+. The van der Waals surface area contributed by atoms with Crippen molar-refractivity contribution in [3.05, 3.63) is 46.3 Å². The van der Waals surface area contributed by atoms with Crippen LogP contribution in [0.3, 0.4) is 0 Å². The second kappa shape index (κ2) is 9.82. The second-order valence-electron chi connectivity index (χ2n) is 8.12. The Hall–Kier alpha value is -3.08. The van der Waals surface area contributed by atoms with Crippen molar-refractivity contribution in [2.45, 2.75) is 19.4 Å². The number of aryl methyl sites for hydroxylation is 1. The summed E-state index contributed by atoms with van der Waals surface area (Å²) < 4.78 is 10.9. The van der Waals surface area contributed by atoms with E-state index in [1.54, 1.807) is 6.21 Å². The van der Waals surface area contributed by atoms with E-state index in [2.05, 4.69) is 25.7 Å². The summed E-state index contributed by atoms with van der Waals surface area (Å²) in [6, 6.07) is 10.0. The molecular formula is C23H26N6O3S. The van der Waals surface area contributed by atoms with Gasteiger partial charge in [0.2, 0.25) is 5.95 Å². The minimum atomic E-state index is -0.103. The predicted octanol–water partition coefficient (Wildman–Crippen LogP) is 2.80. The number of hydrazone groups is 1. The number of hydrogen-bond donors (Lipinski definition) is 2. The molecule has 0 bridgehead atoms. The number of rotatable bonds is 6. The molecular weight excluding hydrogens is 440 g/mol. The van der Waals surface area contributed by atoms with E-state index in [9.17, 15) is 4.79 Å². The topological polar surface area (TPSA) is 101 Å². The van der Waals surface area contributed by atoms with Crippen LogP contribution in [0, 0.1) is 6.92 Å². The average Bonchev–Trinajstić information content (AvgIpc) is 3.49. The van der Waals surface area contributed by atoms with Gasteiger partial charge in [-0.15, -0.1) is 11.3 Å². The Morgan fingerprint density at radius 3 is 2.88 bits per heavy atom. The molecule has 2 aliphatic heterocycles. The van der Waals surface area contributed by atoms with Crippen LogP contribution < -0.4 is 15.6 Å². The molecule has 1 atom stereocenters. The first kappa shape index (κ1) is 21.7. The lowest BCUT2D eigenvalue weighted by Crippen LogP contribution is -2.37. The first-order valence-electron chi connectivity index (χ1n) is 11.0. The lowest BCUT2D eigenvalue weighted by Gasteiger charge is -2.28. The van der Waals surface area contributed by atoms with Crippen LogP contribution in [-0.2, 0) is 9.47 Å². The number of nitrogens with zero attached hydrogens (tertiary/aromatic N) is 4. The molecule has 3 aromatic rings. The number of benzene rings is 1. The van der Waals surface area contributed by atoms with Gasteiger partial charge in [0.1, 0.15) is 10.6 Å². The van der Waals surface area contributed by atoms with Gasteiger partial charge in [0.25, 0.3) is 5.91 Å². The Morgan fingerprint density at radius 2 is 2.09 bits per heavy atom. The van der Waals surface area contributed by atoms with E-state index in [0.717, 1.165) is 41.1 Å². The molecule has 2 aliphatic rings. The lowest BCUT2D eigenvalue weighted by atomic mass is 10.2. The summed E-state index contributed by atoms with van der Waals surface area (Å²) in [6.45, 7) is 6.02. The van der Waals surface area contributed by atoms with E-state index in [1.807, 2.05) is 37.3 Å². The summed E-state index contributed by atoms with van der Waals surface area (Å²) in [5, 5.41) is 8.24. The van der Waals surface area contributed by atoms with Gasteiger partial charge >= 0.3 is 0 Å². The fourth-order valence-corrected chi connectivity index (χ4v) is 4.83. The Kier molecular flexibility index (Phi) is 6.47. The van der Waals surface area contributed by atoms with E-state index < -0.39 is 0 Å². The number of amides is 1. The zero-order valence-electron chi connectivity index (χ0n) is 18.4. The van der Waals surface area contributed by atoms with Crippen molar-refractivity contribution in [1.29, 1.82) is 0 Å². The van der Waals surface area contributed by atoms with Crippen LogP contribution >= 0.6 is 11.3 Å². The van der Waals surface area contributed by atoms with Gasteiger partial charge in [0.15, 0.2) is 0 Å². The van der Waals surface area contributed by atoms with Crippen molar-refractivity contribution >= 4 is 45.4 Å². The highest BCUT2D eigenvalue weighted by Gasteiger charge is 2.23. The highest BCUT2D eigenvalue weighted by molar-refractivity contribution is 7.20. The van der Waals surface area contributed by atoms with Gasteiger partial charge in [0.05, 0.1) is 42.3 Å². The van der Waals surface area contributed by atoms with Crippen LogP contribution in [0.4, 0.5) is 11.8 Å². The molecule has 2 fully saturated rings. The van der Waals surface area contributed by atoms with E-state index in [4.69, 9.17) is 14.5 Å². The second-order valence-corrected chi connectivity index (χ2v) is 9.15. The molecule has 0 spiro atoms. The third kappa shape index (κ3) is 5.13. The molecule has 33 heavy (non-hydrogen) atoms. The molecule has 2 saturated heterocycles. The average molecular weight is 467 g/mol. The fraction of sp³-hybridized carbons (Fsp3) is 0.391. The fourth-order valence-electron chi connectivity index (χ4n) is 3.90. The van der Waals surface area contributed by atoms with Crippen LogP contribution in [0.15, 0.2) is 35.4 Å². The number of morpholine rings is 1. The molecule has 1 amide bonds. The predicted molar refractivity (Wildman–Crippen MR) is 130 cm³/mol. The third-order valence-electron chi connectivity index (χ3n) is 5.59. The number of thiophene rings is 1. The highest BCUT2D eigenvalue weighted by Crippen LogP contribution is 2.32. The van der Waals surface area contributed by atoms with Gasteiger partial charge in [-0.05, 0) is 25.0 Å². The number of carbonyl (C=O) groups is 1. The molecule has 9 nitrogen and oxygen atoms in total. The molecule has 2 N–H and O–H groups in total. The molecule has 1 unspecified atom stereocenters. The molecule has 0 radical (unpaired) electrons. The smallest absolute Gasteiger partial charge is 0.261 e. The quantitative estimate of drug-likeness (QED) is 0.426. The van der Waals surface area contributed by atoms with Crippen molar-refractivity contribution < 1.29 is 14.3 Å². The maximum Gasteiger partial charge on any atom is 0.261 e. The summed E-state index contributed by atoms with van der Waals surface area (Å²) in [4.78, 5) is 25.7. The van der Waals surface area contributed by atoms with Crippen LogP contribution in [0.1, 0.15) is 27.2 Å². The number of anilines is 2. The Balaban J connectivity index is 1.43. The zero-order chi connectivity index (χ0) is 22.6.